The number of nitrogens with one attached hydrogen (secondary N) is 1. The third kappa shape index (κ3) is 4.72. The fourth-order valence-corrected chi connectivity index (χ4v) is 2.11. The van der Waals surface area contributed by atoms with Crippen molar-refractivity contribution in [3.63, 3.8) is 0 Å². The maximum absolute atomic E-state index is 11.4. The van der Waals surface area contributed by atoms with Gasteiger partial charge in [0, 0.05) is 6.54 Å². The van der Waals surface area contributed by atoms with Crippen LogP contribution in [0.4, 0.5) is 0 Å². The zero-order valence-corrected chi connectivity index (χ0v) is 12.6. The van der Waals surface area contributed by atoms with Crippen molar-refractivity contribution in [2.75, 3.05) is 19.8 Å². The Kier molecular flexibility index (Phi) is 6.66. The summed E-state index contributed by atoms with van der Waals surface area (Å²) in [7, 11) is 0. The molecule has 5 nitrogen and oxygen atoms in total. The first-order valence-electron chi connectivity index (χ1n) is 6.07. The Morgan fingerprint density at radius 2 is 2.11 bits per heavy atom. The number of hydrogen-bond acceptors (Lipinski definition) is 4. The molecule has 0 unspecified atom stereocenters. The molecule has 6 heteroatoms. The van der Waals surface area contributed by atoms with Gasteiger partial charge in [0.15, 0.2) is 18.1 Å². The second kappa shape index (κ2) is 8.01. The summed E-state index contributed by atoms with van der Waals surface area (Å²) in [5.74, 6) is 0.776. The maximum Gasteiger partial charge on any atom is 0.257 e. The van der Waals surface area contributed by atoms with E-state index >= 15 is 0 Å². The summed E-state index contributed by atoms with van der Waals surface area (Å²) < 4.78 is 11.6. The number of aliphatic hydroxyl groups is 1. The van der Waals surface area contributed by atoms with Crippen LogP contribution in [0, 0.1) is 0 Å². The van der Waals surface area contributed by atoms with Crippen LogP contribution in [0.2, 0.25) is 0 Å². The van der Waals surface area contributed by atoms with Crippen LogP contribution in [-0.4, -0.2) is 30.8 Å². The monoisotopic (exact) mass is 331 g/mol. The molecule has 0 bridgehead atoms. The van der Waals surface area contributed by atoms with Crippen molar-refractivity contribution in [2.45, 2.75) is 20.5 Å². The van der Waals surface area contributed by atoms with Gasteiger partial charge < -0.3 is 19.9 Å². The lowest BCUT2D eigenvalue weighted by Gasteiger charge is -2.14. The van der Waals surface area contributed by atoms with Gasteiger partial charge in [0.25, 0.3) is 5.91 Å². The molecule has 0 radical (unpaired) electrons. The van der Waals surface area contributed by atoms with Crippen molar-refractivity contribution >= 4 is 21.8 Å². The summed E-state index contributed by atoms with van der Waals surface area (Å²) >= 11 is 3.35. The normalized spacial score (nSPS) is 10.1. The van der Waals surface area contributed by atoms with Crippen LogP contribution in [-0.2, 0) is 11.4 Å². The van der Waals surface area contributed by atoms with Crippen molar-refractivity contribution in [3.8, 4) is 11.5 Å². The van der Waals surface area contributed by atoms with Gasteiger partial charge in [-0.25, -0.2) is 0 Å². The Morgan fingerprint density at radius 3 is 2.68 bits per heavy atom. The minimum atomic E-state index is -0.192. The largest absolute Gasteiger partial charge is 0.490 e. The number of carbonyl (C=O) groups is 1. The molecule has 1 aromatic rings. The summed E-state index contributed by atoms with van der Waals surface area (Å²) in [5.41, 5.74) is 0.709. The van der Waals surface area contributed by atoms with E-state index in [1.165, 1.54) is 0 Å². The summed E-state index contributed by atoms with van der Waals surface area (Å²) in [4.78, 5) is 11.4. The molecule has 1 amide bonds. The highest BCUT2D eigenvalue weighted by Gasteiger charge is 2.13. The van der Waals surface area contributed by atoms with Gasteiger partial charge in [-0.05, 0) is 47.5 Å². The van der Waals surface area contributed by atoms with E-state index in [1.54, 1.807) is 12.1 Å². The van der Waals surface area contributed by atoms with E-state index in [0.29, 0.717) is 34.7 Å². The molecule has 0 aliphatic carbocycles. The van der Waals surface area contributed by atoms with Gasteiger partial charge in [0.1, 0.15) is 0 Å². The molecule has 1 aromatic carbocycles. The quantitative estimate of drug-likeness (QED) is 0.800. The first kappa shape index (κ1) is 15.8. The highest BCUT2D eigenvalue weighted by Crippen LogP contribution is 2.36. The highest BCUT2D eigenvalue weighted by molar-refractivity contribution is 9.10. The number of rotatable bonds is 7. The van der Waals surface area contributed by atoms with Crippen LogP contribution in [0.3, 0.4) is 0 Å². The van der Waals surface area contributed by atoms with Crippen LogP contribution >= 0.6 is 15.9 Å². The molecule has 0 saturated heterocycles. The Bertz CT molecular complexity index is 437. The number of likely N-dealkylation sites (N-methyl/N-ethyl adjacent to an activating group) is 1. The summed E-state index contributed by atoms with van der Waals surface area (Å²) in [5, 5.41) is 11.8. The number of halogens is 1. The first-order valence-corrected chi connectivity index (χ1v) is 6.87. The van der Waals surface area contributed by atoms with Crippen molar-refractivity contribution in [1.29, 1.82) is 0 Å². The SMILES string of the molecule is CCNC(=O)COc1c(Br)cc(CO)cc1OCC. The maximum atomic E-state index is 11.4. The molecular weight excluding hydrogens is 314 g/mol. The number of hydrogen-bond donors (Lipinski definition) is 2. The molecule has 0 aliphatic heterocycles. The molecule has 0 aliphatic rings. The van der Waals surface area contributed by atoms with E-state index in [1.807, 2.05) is 13.8 Å². The van der Waals surface area contributed by atoms with Gasteiger partial charge in [-0.3, -0.25) is 4.79 Å². The Labute approximate surface area is 121 Å². The van der Waals surface area contributed by atoms with E-state index < -0.39 is 0 Å². The minimum Gasteiger partial charge on any atom is -0.490 e. The number of carbonyl (C=O) groups excluding carboxylic acids is 1. The van der Waals surface area contributed by atoms with Crippen LogP contribution in [0.25, 0.3) is 0 Å². The predicted molar refractivity (Wildman–Crippen MR) is 75.4 cm³/mol. The second-order valence-corrected chi connectivity index (χ2v) is 4.59. The Balaban J connectivity index is 2.88. The smallest absolute Gasteiger partial charge is 0.257 e. The molecule has 0 aromatic heterocycles. The van der Waals surface area contributed by atoms with E-state index in [-0.39, 0.29) is 19.1 Å². The molecule has 0 fully saturated rings. The molecule has 0 heterocycles. The average molecular weight is 332 g/mol. The topological polar surface area (TPSA) is 67.8 Å². The standard InChI is InChI=1S/C13H18BrNO4/c1-3-15-12(17)8-19-13-10(14)5-9(7-16)6-11(13)18-4-2/h5-6,16H,3-4,7-8H2,1-2H3,(H,15,17). The number of amides is 1. The molecule has 19 heavy (non-hydrogen) atoms. The summed E-state index contributed by atoms with van der Waals surface area (Å²) in [6.07, 6.45) is 0. The first-order chi connectivity index (χ1) is 9.12. The lowest BCUT2D eigenvalue weighted by molar-refractivity contribution is -0.123. The zero-order valence-electron chi connectivity index (χ0n) is 11.0. The van der Waals surface area contributed by atoms with Gasteiger partial charge in [-0.2, -0.15) is 0 Å². The minimum absolute atomic E-state index is 0.0784. The Morgan fingerprint density at radius 1 is 1.37 bits per heavy atom. The average Bonchev–Trinajstić information content (AvgIpc) is 2.38. The lowest BCUT2D eigenvalue weighted by atomic mass is 10.2. The van der Waals surface area contributed by atoms with Crippen molar-refractivity contribution in [1.82, 2.24) is 5.32 Å². The number of aliphatic hydroxyl groups excluding tert-OH is 1. The van der Waals surface area contributed by atoms with Crippen LogP contribution in [0.1, 0.15) is 19.4 Å². The van der Waals surface area contributed by atoms with Crippen LogP contribution in [0.15, 0.2) is 16.6 Å². The molecule has 106 valence electrons. The number of ether oxygens (including phenoxy) is 2. The van der Waals surface area contributed by atoms with Crippen molar-refractivity contribution in [2.24, 2.45) is 0 Å². The molecule has 1 rings (SSSR count). The summed E-state index contributed by atoms with van der Waals surface area (Å²) in [6, 6.07) is 3.43. The van der Waals surface area contributed by atoms with Gasteiger partial charge in [-0.15, -0.1) is 0 Å². The molecule has 0 atom stereocenters. The second-order valence-electron chi connectivity index (χ2n) is 3.74. The van der Waals surface area contributed by atoms with Crippen LogP contribution < -0.4 is 14.8 Å². The Hall–Kier alpha value is -1.27. The van der Waals surface area contributed by atoms with Gasteiger partial charge in [-0.1, -0.05) is 0 Å². The van der Waals surface area contributed by atoms with Gasteiger partial charge in [0.2, 0.25) is 0 Å². The fraction of sp³-hybridized carbons (Fsp3) is 0.462. The predicted octanol–water partition coefficient (Wildman–Crippen LogP) is 1.85. The third-order valence-corrected chi connectivity index (χ3v) is 2.86. The molecule has 0 saturated carbocycles. The molecular formula is C13H18BrNO4. The lowest BCUT2D eigenvalue weighted by Crippen LogP contribution is -2.28. The van der Waals surface area contributed by atoms with Crippen molar-refractivity contribution < 1.29 is 19.4 Å². The van der Waals surface area contributed by atoms with E-state index in [9.17, 15) is 4.79 Å². The van der Waals surface area contributed by atoms with E-state index in [0.717, 1.165) is 0 Å². The van der Waals surface area contributed by atoms with Crippen LogP contribution in [0.5, 0.6) is 11.5 Å². The summed E-state index contributed by atoms with van der Waals surface area (Å²) in [6.45, 7) is 4.56. The third-order valence-electron chi connectivity index (χ3n) is 2.27. The van der Waals surface area contributed by atoms with Crippen molar-refractivity contribution in [3.05, 3.63) is 22.2 Å². The highest BCUT2D eigenvalue weighted by atomic mass is 79.9. The number of benzene rings is 1. The molecule has 0 spiro atoms. The van der Waals surface area contributed by atoms with Gasteiger partial charge >= 0.3 is 0 Å². The molecule has 2 N–H and O–H groups in total. The fourth-order valence-electron chi connectivity index (χ4n) is 1.50. The van der Waals surface area contributed by atoms with Gasteiger partial charge in [0.05, 0.1) is 17.7 Å². The zero-order chi connectivity index (χ0) is 14.3. The van der Waals surface area contributed by atoms with E-state index in [2.05, 4.69) is 21.2 Å². The van der Waals surface area contributed by atoms with E-state index in [4.69, 9.17) is 14.6 Å².